The van der Waals surface area contributed by atoms with Crippen LogP contribution in [0.4, 0.5) is 0 Å². The summed E-state index contributed by atoms with van der Waals surface area (Å²) in [6, 6.07) is 7.79. The first-order chi connectivity index (χ1) is 10.1. The Morgan fingerprint density at radius 2 is 1.86 bits per heavy atom. The maximum Gasteiger partial charge on any atom is 0.161 e. The number of methoxy groups -OCH3 is 2. The van der Waals surface area contributed by atoms with Crippen LogP contribution in [0.1, 0.15) is 30.0 Å². The SMILES string of the molecule is CCNC(c1ccc(C)o1)c1cc(OC)c(OC)cc1Br. The first kappa shape index (κ1) is 15.9. The second-order valence-electron chi connectivity index (χ2n) is 4.67. The number of halogens is 1. The largest absolute Gasteiger partial charge is 0.493 e. The molecule has 0 bridgehead atoms. The van der Waals surface area contributed by atoms with E-state index in [-0.39, 0.29) is 6.04 Å². The van der Waals surface area contributed by atoms with Gasteiger partial charge in [-0.3, -0.25) is 0 Å². The van der Waals surface area contributed by atoms with Crippen LogP contribution in [0.5, 0.6) is 11.5 Å². The van der Waals surface area contributed by atoms with Crippen molar-refractivity contribution in [2.75, 3.05) is 20.8 Å². The molecule has 2 aromatic rings. The van der Waals surface area contributed by atoms with Crippen molar-refractivity contribution in [3.8, 4) is 11.5 Å². The number of hydrogen-bond acceptors (Lipinski definition) is 4. The van der Waals surface area contributed by atoms with Gasteiger partial charge in [-0.25, -0.2) is 0 Å². The molecular weight excluding hydrogens is 334 g/mol. The van der Waals surface area contributed by atoms with Crippen LogP contribution in [0.3, 0.4) is 0 Å². The van der Waals surface area contributed by atoms with E-state index in [0.717, 1.165) is 28.1 Å². The molecule has 1 aromatic carbocycles. The highest BCUT2D eigenvalue weighted by Crippen LogP contribution is 2.38. The zero-order chi connectivity index (χ0) is 15.4. The van der Waals surface area contributed by atoms with Crippen LogP contribution < -0.4 is 14.8 Å². The third-order valence-electron chi connectivity index (χ3n) is 3.27. The van der Waals surface area contributed by atoms with Crippen molar-refractivity contribution in [1.82, 2.24) is 5.32 Å². The van der Waals surface area contributed by atoms with Gasteiger partial charge in [0.25, 0.3) is 0 Å². The molecule has 2 rings (SSSR count). The molecule has 114 valence electrons. The van der Waals surface area contributed by atoms with Gasteiger partial charge in [0, 0.05) is 4.47 Å². The Morgan fingerprint density at radius 1 is 1.19 bits per heavy atom. The zero-order valence-corrected chi connectivity index (χ0v) is 14.3. The van der Waals surface area contributed by atoms with Gasteiger partial charge in [-0.2, -0.15) is 0 Å². The lowest BCUT2D eigenvalue weighted by atomic mass is 10.0. The topological polar surface area (TPSA) is 43.6 Å². The molecule has 0 aliphatic carbocycles. The zero-order valence-electron chi connectivity index (χ0n) is 12.7. The van der Waals surface area contributed by atoms with Gasteiger partial charge in [0.15, 0.2) is 11.5 Å². The molecule has 0 saturated carbocycles. The van der Waals surface area contributed by atoms with E-state index in [1.54, 1.807) is 14.2 Å². The van der Waals surface area contributed by atoms with Gasteiger partial charge < -0.3 is 19.2 Å². The van der Waals surface area contributed by atoms with Gasteiger partial charge in [0.2, 0.25) is 0 Å². The molecule has 0 aliphatic rings. The van der Waals surface area contributed by atoms with Crippen LogP contribution in [0, 0.1) is 6.92 Å². The Kier molecular flexibility index (Phi) is 5.31. The van der Waals surface area contributed by atoms with Crippen molar-refractivity contribution in [1.29, 1.82) is 0 Å². The molecule has 1 atom stereocenters. The minimum absolute atomic E-state index is 0.0436. The molecule has 1 N–H and O–H groups in total. The van der Waals surface area contributed by atoms with E-state index in [0.29, 0.717) is 11.5 Å². The second-order valence-corrected chi connectivity index (χ2v) is 5.52. The molecule has 1 aromatic heterocycles. The van der Waals surface area contributed by atoms with Gasteiger partial charge >= 0.3 is 0 Å². The molecule has 0 aliphatic heterocycles. The quantitative estimate of drug-likeness (QED) is 0.850. The molecule has 0 fully saturated rings. The highest BCUT2D eigenvalue weighted by Gasteiger charge is 2.21. The maximum atomic E-state index is 5.78. The predicted octanol–water partition coefficient (Wildman–Crippen LogP) is 4.07. The number of ether oxygens (including phenoxy) is 2. The summed E-state index contributed by atoms with van der Waals surface area (Å²) in [6.45, 7) is 4.83. The second kappa shape index (κ2) is 7.00. The fraction of sp³-hybridized carbons (Fsp3) is 0.375. The van der Waals surface area contributed by atoms with E-state index in [4.69, 9.17) is 13.9 Å². The molecule has 0 radical (unpaired) electrons. The van der Waals surface area contributed by atoms with Crippen molar-refractivity contribution < 1.29 is 13.9 Å². The average molecular weight is 354 g/mol. The lowest BCUT2D eigenvalue weighted by Gasteiger charge is -2.19. The van der Waals surface area contributed by atoms with Crippen LogP contribution in [0.25, 0.3) is 0 Å². The van der Waals surface area contributed by atoms with Crippen molar-refractivity contribution >= 4 is 15.9 Å². The van der Waals surface area contributed by atoms with Gasteiger partial charge in [0.05, 0.1) is 20.3 Å². The summed E-state index contributed by atoms with van der Waals surface area (Å²) in [6.07, 6.45) is 0. The fourth-order valence-corrected chi connectivity index (χ4v) is 2.82. The first-order valence-electron chi connectivity index (χ1n) is 6.81. The van der Waals surface area contributed by atoms with Gasteiger partial charge in [-0.15, -0.1) is 0 Å². The van der Waals surface area contributed by atoms with E-state index >= 15 is 0 Å². The van der Waals surface area contributed by atoms with Crippen LogP contribution in [-0.2, 0) is 0 Å². The Morgan fingerprint density at radius 3 is 2.38 bits per heavy atom. The smallest absolute Gasteiger partial charge is 0.161 e. The van der Waals surface area contributed by atoms with Crippen LogP contribution in [0.15, 0.2) is 33.2 Å². The minimum Gasteiger partial charge on any atom is -0.493 e. The number of nitrogens with one attached hydrogen (secondary N) is 1. The standard InChI is InChI=1S/C16H20BrNO3/c1-5-18-16(13-7-6-10(2)21-13)11-8-14(19-3)15(20-4)9-12(11)17/h6-9,16,18H,5H2,1-4H3. The first-order valence-corrected chi connectivity index (χ1v) is 7.61. The van der Waals surface area contributed by atoms with E-state index in [9.17, 15) is 0 Å². The van der Waals surface area contributed by atoms with Crippen LogP contribution in [0.2, 0.25) is 0 Å². The third kappa shape index (κ3) is 3.41. The van der Waals surface area contributed by atoms with Crippen LogP contribution >= 0.6 is 15.9 Å². The summed E-state index contributed by atoms with van der Waals surface area (Å²) in [5.74, 6) is 3.16. The number of furan rings is 1. The Labute approximate surface area is 133 Å². The summed E-state index contributed by atoms with van der Waals surface area (Å²) in [4.78, 5) is 0. The molecular formula is C16H20BrNO3. The number of hydrogen-bond donors (Lipinski definition) is 1. The van der Waals surface area contributed by atoms with E-state index in [2.05, 4.69) is 28.2 Å². The molecule has 1 unspecified atom stereocenters. The van der Waals surface area contributed by atoms with E-state index < -0.39 is 0 Å². The lowest BCUT2D eigenvalue weighted by molar-refractivity contribution is 0.353. The molecule has 4 nitrogen and oxygen atoms in total. The minimum atomic E-state index is -0.0436. The van der Waals surface area contributed by atoms with Crippen LogP contribution in [-0.4, -0.2) is 20.8 Å². The Balaban J connectivity index is 2.49. The normalized spacial score (nSPS) is 12.2. The summed E-state index contributed by atoms with van der Waals surface area (Å²) >= 11 is 3.61. The third-order valence-corrected chi connectivity index (χ3v) is 3.95. The molecule has 1 heterocycles. The predicted molar refractivity (Wildman–Crippen MR) is 86.2 cm³/mol. The summed E-state index contributed by atoms with van der Waals surface area (Å²) in [5.41, 5.74) is 1.05. The average Bonchev–Trinajstić information content (AvgIpc) is 2.91. The molecule has 21 heavy (non-hydrogen) atoms. The summed E-state index contributed by atoms with van der Waals surface area (Å²) < 4.78 is 17.4. The molecule has 5 heteroatoms. The summed E-state index contributed by atoms with van der Waals surface area (Å²) in [5, 5.41) is 3.44. The number of aryl methyl sites for hydroxylation is 1. The molecule has 0 saturated heterocycles. The van der Waals surface area contributed by atoms with Crippen molar-refractivity contribution in [3.05, 3.63) is 45.8 Å². The highest BCUT2D eigenvalue weighted by molar-refractivity contribution is 9.10. The maximum absolute atomic E-state index is 5.78. The van der Waals surface area contributed by atoms with Crippen molar-refractivity contribution in [3.63, 3.8) is 0 Å². The lowest BCUT2D eigenvalue weighted by Crippen LogP contribution is -2.22. The van der Waals surface area contributed by atoms with E-state index in [1.807, 2.05) is 31.2 Å². The fourth-order valence-electron chi connectivity index (χ4n) is 2.27. The monoisotopic (exact) mass is 353 g/mol. The van der Waals surface area contributed by atoms with Gasteiger partial charge in [-0.1, -0.05) is 22.9 Å². The van der Waals surface area contributed by atoms with Crippen molar-refractivity contribution in [2.45, 2.75) is 19.9 Å². The van der Waals surface area contributed by atoms with Gasteiger partial charge in [-0.05, 0) is 43.3 Å². The Bertz CT molecular complexity index is 610. The highest BCUT2D eigenvalue weighted by atomic mass is 79.9. The Hall–Kier alpha value is -1.46. The summed E-state index contributed by atoms with van der Waals surface area (Å²) in [7, 11) is 3.26. The molecule has 0 amide bonds. The van der Waals surface area contributed by atoms with Gasteiger partial charge in [0.1, 0.15) is 11.5 Å². The number of rotatable bonds is 6. The van der Waals surface area contributed by atoms with Crippen molar-refractivity contribution in [2.24, 2.45) is 0 Å². The molecule has 0 spiro atoms. The van der Waals surface area contributed by atoms with E-state index in [1.165, 1.54) is 0 Å². The number of benzene rings is 1.